The van der Waals surface area contributed by atoms with Crippen molar-refractivity contribution in [2.75, 3.05) is 31.6 Å². The third-order valence-corrected chi connectivity index (χ3v) is 4.82. The number of amides is 1. The molecule has 1 saturated heterocycles. The smallest absolute Gasteiger partial charge is 0.238 e. The summed E-state index contributed by atoms with van der Waals surface area (Å²) in [5.41, 5.74) is 1.07. The monoisotopic (exact) mass is 308 g/mol. The lowest BCUT2D eigenvalue weighted by Crippen LogP contribution is -2.44. The van der Waals surface area contributed by atoms with E-state index in [9.17, 15) is 14.3 Å². The van der Waals surface area contributed by atoms with E-state index in [0.29, 0.717) is 17.8 Å². The summed E-state index contributed by atoms with van der Waals surface area (Å²) in [5.74, 6) is -0.442. The van der Waals surface area contributed by atoms with Crippen molar-refractivity contribution < 1.29 is 14.3 Å². The lowest BCUT2D eigenvalue weighted by molar-refractivity contribution is -0.118. The number of halogens is 1. The van der Waals surface area contributed by atoms with E-state index in [4.69, 9.17) is 0 Å². The number of anilines is 1. The van der Waals surface area contributed by atoms with Crippen LogP contribution >= 0.6 is 0 Å². The molecule has 0 spiro atoms. The second kappa shape index (κ2) is 7.20. The summed E-state index contributed by atoms with van der Waals surface area (Å²) in [4.78, 5) is 14.1. The number of piperidine rings is 1. The maximum absolute atomic E-state index is 13.5. The average Bonchev–Trinajstić information content (AvgIpc) is 2.52. The summed E-state index contributed by atoms with van der Waals surface area (Å²) in [6.45, 7) is 5.93. The van der Waals surface area contributed by atoms with E-state index in [1.165, 1.54) is 6.07 Å². The lowest BCUT2D eigenvalue weighted by atomic mass is 9.77. The van der Waals surface area contributed by atoms with E-state index in [1.54, 1.807) is 19.1 Å². The van der Waals surface area contributed by atoms with E-state index < -0.39 is 0 Å². The number of aliphatic hydroxyl groups excluding tert-OH is 1. The highest BCUT2D eigenvalue weighted by Gasteiger charge is 2.32. The van der Waals surface area contributed by atoms with Crippen LogP contribution in [0.1, 0.15) is 31.7 Å². The van der Waals surface area contributed by atoms with Crippen molar-refractivity contribution in [3.63, 3.8) is 0 Å². The van der Waals surface area contributed by atoms with Crippen molar-refractivity contribution in [2.24, 2.45) is 5.41 Å². The number of likely N-dealkylation sites (tertiary alicyclic amines) is 1. The van der Waals surface area contributed by atoms with Crippen LogP contribution in [-0.2, 0) is 4.79 Å². The molecule has 1 heterocycles. The number of nitrogens with zero attached hydrogens (tertiary/aromatic N) is 1. The molecule has 1 amide bonds. The minimum atomic E-state index is -0.313. The number of carbonyl (C=O) groups excluding carboxylic acids is 1. The first kappa shape index (κ1) is 16.9. The molecule has 22 heavy (non-hydrogen) atoms. The van der Waals surface area contributed by atoms with Crippen LogP contribution in [0.5, 0.6) is 0 Å². The Kier molecular flexibility index (Phi) is 5.53. The van der Waals surface area contributed by atoms with Gasteiger partial charge in [-0.1, -0.05) is 13.0 Å². The third-order valence-electron chi connectivity index (χ3n) is 4.82. The number of hydrogen-bond donors (Lipinski definition) is 2. The molecule has 0 aromatic heterocycles. The quantitative estimate of drug-likeness (QED) is 0.879. The van der Waals surface area contributed by atoms with Crippen LogP contribution < -0.4 is 5.32 Å². The zero-order valence-electron chi connectivity index (χ0n) is 13.4. The van der Waals surface area contributed by atoms with Gasteiger partial charge in [0, 0.05) is 12.3 Å². The number of rotatable bonds is 5. The molecule has 1 aliphatic heterocycles. The predicted octanol–water partition coefficient (Wildman–Crippen LogP) is 2.56. The van der Waals surface area contributed by atoms with E-state index in [1.807, 2.05) is 0 Å². The third kappa shape index (κ3) is 4.05. The molecule has 1 aliphatic rings. The minimum Gasteiger partial charge on any atom is -0.396 e. The topological polar surface area (TPSA) is 52.6 Å². The fourth-order valence-corrected chi connectivity index (χ4v) is 2.88. The summed E-state index contributed by atoms with van der Waals surface area (Å²) in [5, 5.41) is 12.3. The highest BCUT2D eigenvalue weighted by Crippen LogP contribution is 2.34. The Morgan fingerprint density at radius 1 is 1.41 bits per heavy atom. The Labute approximate surface area is 131 Å². The molecule has 0 radical (unpaired) electrons. The molecule has 0 saturated carbocycles. The van der Waals surface area contributed by atoms with Crippen molar-refractivity contribution >= 4 is 11.6 Å². The zero-order valence-corrected chi connectivity index (χ0v) is 13.4. The first-order valence-corrected chi connectivity index (χ1v) is 7.87. The average molecular weight is 308 g/mol. The van der Waals surface area contributed by atoms with Crippen LogP contribution in [0.4, 0.5) is 10.1 Å². The van der Waals surface area contributed by atoms with E-state index in [2.05, 4.69) is 17.1 Å². The van der Waals surface area contributed by atoms with Gasteiger partial charge in [-0.15, -0.1) is 0 Å². The normalized spacial score (nSPS) is 18.2. The Morgan fingerprint density at radius 2 is 2.09 bits per heavy atom. The molecule has 0 unspecified atom stereocenters. The molecule has 0 aliphatic carbocycles. The molecule has 2 N–H and O–H groups in total. The highest BCUT2D eigenvalue weighted by atomic mass is 19.1. The fourth-order valence-electron chi connectivity index (χ4n) is 2.88. The van der Waals surface area contributed by atoms with Gasteiger partial charge in [0.15, 0.2) is 0 Å². The molecule has 1 aromatic carbocycles. The summed E-state index contributed by atoms with van der Waals surface area (Å²) in [6.07, 6.45) is 2.78. The number of benzene rings is 1. The highest BCUT2D eigenvalue weighted by molar-refractivity contribution is 5.92. The van der Waals surface area contributed by atoms with Crippen molar-refractivity contribution in [3.8, 4) is 0 Å². The molecule has 1 fully saturated rings. The van der Waals surface area contributed by atoms with Crippen LogP contribution in [0.15, 0.2) is 18.2 Å². The van der Waals surface area contributed by atoms with Crippen LogP contribution in [0.2, 0.25) is 0 Å². The van der Waals surface area contributed by atoms with Gasteiger partial charge in [-0.25, -0.2) is 4.39 Å². The van der Waals surface area contributed by atoms with Crippen molar-refractivity contribution in [1.82, 2.24) is 4.90 Å². The number of aliphatic hydroxyl groups is 1. The SMILES string of the molecule is CCC1(CO)CCN(CC(=O)Nc2ccc(C)c(F)c2)CC1. The maximum Gasteiger partial charge on any atom is 0.238 e. The first-order chi connectivity index (χ1) is 10.5. The van der Waals surface area contributed by atoms with E-state index in [-0.39, 0.29) is 23.7 Å². The second-order valence-electron chi connectivity index (χ2n) is 6.30. The fraction of sp³-hybridized carbons (Fsp3) is 0.588. The van der Waals surface area contributed by atoms with Gasteiger partial charge in [-0.05, 0) is 62.4 Å². The molecular formula is C17H25FN2O2. The van der Waals surface area contributed by atoms with Crippen LogP contribution in [-0.4, -0.2) is 42.2 Å². The van der Waals surface area contributed by atoms with Crippen LogP contribution in [0.25, 0.3) is 0 Å². The molecule has 0 bridgehead atoms. The van der Waals surface area contributed by atoms with Gasteiger partial charge >= 0.3 is 0 Å². The molecule has 122 valence electrons. The Balaban J connectivity index is 1.84. The molecule has 4 nitrogen and oxygen atoms in total. The molecule has 0 atom stereocenters. The standard InChI is InChI=1S/C17H25FN2O2/c1-3-17(12-21)6-8-20(9-7-17)11-16(22)19-14-5-4-13(2)15(18)10-14/h4-5,10,21H,3,6-9,11-12H2,1-2H3,(H,19,22). The summed E-state index contributed by atoms with van der Waals surface area (Å²) >= 11 is 0. The Hall–Kier alpha value is -1.46. The van der Waals surface area contributed by atoms with Gasteiger partial charge in [-0.2, -0.15) is 0 Å². The largest absolute Gasteiger partial charge is 0.396 e. The van der Waals surface area contributed by atoms with Gasteiger partial charge in [0.2, 0.25) is 5.91 Å². The first-order valence-electron chi connectivity index (χ1n) is 7.87. The number of carbonyl (C=O) groups is 1. The minimum absolute atomic E-state index is 0.0209. The van der Waals surface area contributed by atoms with E-state index >= 15 is 0 Å². The van der Waals surface area contributed by atoms with Gasteiger partial charge < -0.3 is 10.4 Å². The summed E-state index contributed by atoms with van der Waals surface area (Å²) in [7, 11) is 0. The van der Waals surface area contributed by atoms with Gasteiger partial charge in [0.1, 0.15) is 5.82 Å². The van der Waals surface area contributed by atoms with Crippen molar-refractivity contribution in [1.29, 1.82) is 0 Å². The van der Waals surface area contributed by atoms with Crippen LogP contribution in [0, 0.1) is 18.2 Å². The van der Waals surface area contributed by atoms with Gasteiger partial charge in [-0.3, -0.25) is 9.69 Å². The van der Waals surface area contributed by atoms with Gasteiger partial charge in [0.25, 0.3) is 0 Å². The van der Waals surface area contributed by atoms with Crippen molar-refractivity contribution in [2.45, 2.75) is 33.1 Å². The second-order valence-corrected chi connectivity index (χ2v) is 6.30. The van der Waals surface area contributed by atoms with E-state index in [0.717, 1.165) is 32.4 Å². The Morgan fingerprint density at radius 3 is 2.64 bits per heavy atom. The summed E-state index contributed by atoms with van der Waals surface area (Å²) in [6, 6.07) is 4.71. The Bertz CT molecular complexity index is 519. The lowest BCUT2D eigenvalue weighted by Gasteiger charge is -2.39. The number of hydrogen-bond acceptors (Lipinski definition) is 3. The molecular weight excluding hydrogens is 283 g/mol. The summed E-state index contributed by atoms with van der Waals surface area (Å²) < 4.78 is 13.5. The molecule has 2 rings (SSSR count). The number of nitrogens with one attached hydrogen (secondary N) is 1. The molecule has 5 heteroatoms. The van der Waals surface area contributed by atoms with Gasteiger partial charge in [0.05, 0.1) is 6.54 Å². The molecule has 1 aromatic rings. The predicted molar refractivity (Wildman–Crippen MR) is 85.3 cm³/mol. The zero-order chi connectivity index (χ0) is 16.2. The number of aryl methyl sites for hydroxylation is 1. The van der Waals surface area contributed by atoms with Crippen molar-refractivity contribution in [3.05, 3.63) is 29.6 Å². The van der Waals surface area contributed by atoms with Crippen LogP contribution in [0.3, 0.4) is 0 Å². The maximum atomic E-state index is 13.5.